The van der Waals surface area contributed by atoms with Gasteiger partial charge in [0.15, 0.2) is 0 Å². The van der Waals surface area contributed by atoms with Crippen LogP contribution in [-0.2, 0) is 6.54 Å². The van der Waals surface area contributed by atoms with Gasteiger partial charge in [-0.3, -0.25) is 4.90 Å². The smallest absolute Gasteiger partial charge is 0.241 e. The molecule has 3 heterocycles. The zero-order valence-electron chi connectivity index (χ0n) is 13.7. The van der Waals surface area contributed by atoms with Crippen LogP contribution in [0.15, 0.2) is 22.9 Å². The molecule has 23 heavy (non-hydrogen) atoms. The number of hydrogen-bond donors (Lipinski definition) is 0. The number of aromatic nitrogens is 3. The van der Waals surface area contributed by atoms with Crippen LogP contribution in [0.5, 0.6) is 0 Å². The van der Waals surface area contributed by atoms with Crippen molar-refractivity contribution >= 4 is 17.6 Å². The van der Waals surface area contributed by atoms with E-state index in [4.69, 9.17) is 4.52 Å². The van der Waals surface area contributed by atoms with E-state index in [0.717, 1.165) is 37.4 Å². The summed E-state index contributed by atoms with van der Waals surface area (Å²) in [5, 5.41) is 4.07. The van der Waals surface area contributed by atoms with Gasteiger partial charge in [0.25, 0.3) is 0 Å². The molecule has 0 unspecified atom stereocenters. The third kappa shape index (κ3) is 4.23. The van der Waals surface area contributed by atoms with Gasteiger partial charge in [-0.1, -0.05) is 12.1 Å². The molecule has 1 fully saturated rings. The first-order valence-corrected chi connectivity index (χ1v) is 9.22. The Morgan fingerprint density at radius 1 is 1.30 bits per heavy atom. The second kappa shape index (κ2) is 7.79. The summed E-state index contributed by atoms with van der Waals surface area (Å²) in [5.41, 5.74) is 0.897. The SMILES string of the molecule is CCCN(C)Cc1nc(-c2ccc(N3CCSCC3)nc2)no1. The highest BCUT2D eigenvalue weighted by molar-refractivity contribution is 7.99. The summed E-state index contributed by atoms with van der Waals surface area (Å²) in [4.78, 5) is 13.5. The second-order valence-electron chi connectivity index (χ2n) is 5.75. The van der Waals surface area contributed by atoms with E-state index in [9.17, 15) is 0 Å². The summed E-state index contributed by atoms with van der Waals surface area (Å²) >= 11 is 2.00. The Hall–Kier alpha value is -1.60. The Kier molecular flexibility index (Phi) is 5.51. The lowest BCUT2D eigenvalue weighted by atomic mass is 10.2. The van der Waals surface area contributed by atoms with E-state index in [2.05, 4.69) is 38.9 Å². The minimum atomic E-state index is 0.609. The zero-order chi connectivity index (χ0) is 16.1. The first kappa shape index (κ1) is 16.3. The highest BCUT2D eigenvalue weighted by atomic mass is 32.2. The molecule has 0 saturated carbocycles. The average Bonchev–Trinajstić information content (AvgIpc) is 3.04. The van der Waals surface area contributed by atoms with Crippen LogP contribution in [0.2, 0.25) is 0 Å². The molecule has 0 radical (unpaired) electrons. The third-order valence-corrected chi connectivity index (χ3v) is 4.76. The van der Waals surface area contributed by atoms with Gasteiger partial charge in [0.05, 0.1) is 6.54 Å². The van der Waals surface area contributed by atoms with Crippen LogP contribution in [0.3, 0.4) is 0 Å². The largest absolute Gasteiger partial charge is 0.355 e. The van der Waals surface area contributed by atoms with Gasteiger partial charge in [0, 0.05) is 36.4 Å². The maximum Gasteiger partial charge on any atom is 0.241 e. The molecule has 1 aliphatic heterocycles. The third-order valence-electron chi connectivity index (χ3n) is 3.82. The van der Waals surface area contributed by atoms with Gasteiger partial charge >= 0.3 is 0 Å². The average molecular weight is 333 g/mol. The van der Waals surface area contributed by atoms with Crippen molar-refractivity contribution in [1.82, 2.24) is 20.0 Å². The summed E-state index contributed by atoms with van der Waals surface area (Å²) in [6, 6.07) is 4.07. The van der Waals surface area contributed by atoms with Crippen LogP contribution < -0.4 is 4.90 Å². The van der Waals surface area contributed by atoms with Crippen LogP contribution in [0.4, 0.5) is 5.82 Å². The van der Waals surface area contributed by atoms with Crippen molar-refractivity contribution in [3.8, 4) is 11.4 Å². The highest BCUT2D eigenvalue weighted by Gasteiger charge is 2.14. The van der Waals surface area contributed by atoms with Gasteiger partial charge in [0.2, 0.25) is 11.7 Å². The van der Waals surface area contributed by atoms with Crippen molar-refractivity contribution < 1.29 is 4.52 Å². The van der Waals surface area contributed by atoms with Crippen molar-refractivity contribution in [2.24, 2.45) is 0 Å². The molecule has 0 aliphatic carbocycles. The van der Waals surface area contributed by atoms with Gasteiger partial charge in [-0.25, -0.2) is 4.98 Å². The predicted octanol–water partition coefficient (Wildman–Crippen LogP) is 2.53. The Balaban J connectivity index is 1.66. The Morgan fingerprint density at radius 2 is 2.13 bits per heavy atom. The standard InChI is InChI=1S/C16H23N5OS/c1-3-6-20(2)12-15-18-16(19-22-15)13-4-5-14(17-11-13)21-7-9-23-10-8-21/h4-5,11H,3,6-10,12H2,1-2H3. The number of thioether (sulfide) groups is 1. The lowest BCUT2D eigenvalue weighted by Crippen LogP contribution is -2.32. The number of nitrogens with zero attached hydrogens (tertiary/aromatic N) is 5. The van der Waals surface area contributed by atoms with Crippen molar-refractivity contribution in [3.05, 3.63) is 24.2 Å². The number of anilines is 1. The normalized spacial score (nSPS) is 15.3. The molecule has 1 saturated heterocycles. The van der Waals surface area contributed by atoms with E-state index in [0.29, 0.717) is 18.3 Å². The summed E-state index contributed by atoms with van der Waals surface area (Å²) in [6.45, 7) is 5.98. The quantitative estimate of drug-likeness (QED) is 0.805. The van der Waals surface area contributed by atoms with Crippen molar-refractivity contribution in [1.29, 1.82) is 0 Å². The number of pyridine rings is 1. The molecule has 0 spiro atoms. The first-order chi connectivity index (χ1) is 11.3. The highest BCUT2D eigenvalue weighted by Crippen LogP contribution is 2.21. The molecule has 2 aromatic heterocycles. The van der Waals surface area contributed by atoms with Crippen LogP contribution in [0, 0.1) is 0 Å². The van der Waals surface area contributed by atoms with Gasteiger partial charge in [0.1, 0.15) is 5.82 Å². The van der Waals surface area contributed by atoms with Crippen LogP contribution in [0.25, 0.3) is 11.4 Å². The number of hydrogen-bond acceptors (Lipinski definition) is 7. The molecule has 7 heteroatoms. The number of rotatable bonds is 6. The molecule has 0 amide bonds. The van der Waals surface area contributed by atoms with Crippen molar-refractivity contribution in [2.45, 2.75) is 19.9 Å². The molecular weight excluding hydrogens is 310 g/mol. The second-order valence-corrected chi connectivity index (χ2v) is 6.98. The maximum atomic E-state index is 5.34. The molecule has 3 rings (SSSR count). The Morgan fingerprint density at radius 3 is 2.83 bits per heavy atom. The van der Waals surface area contributed by atoms with E-state index in [-0.39, 0.29) is 0 Å². The topological polar surface area (TPSA) is 58.3 Å². The summed E-state index contributed by atoms with van der Waals surface area (Å²) in [7, 11) is 2.06. The van der Waals surface area contributed by atoms with E-state index >= 15 is 0 Å². The molecule has 0 aromatic carbocycles. The molecule has 6 nitrogen and oxygen atoms in total. The minimum Gasteiger partial charge on any atom is -0.355 e. The fourth-order valence-electron chi connectivity index (χ4n) is 2.63. The maximum absolute atomic E-state index is 5.34. The molecule has 0 bridgehead atoms. The summed E-state index contributed by atoms with van der Waals surface area (Å²) < 4.78 is 5.34. The van der Waals surface area contributed by atoms with Gasteiger partial charge in [-0.05, 0) is 32.1 Å². The molecule has 2 aromatic rings. The van der Waals surface area contributed by atoms with Crippen molar-refractivity contribution in [2.75, 3.05) is 43.1 Å². The van der Waals surface area contributed by atoms with E-state index < -0.39 is 0 Å². The molecule has 124 valence electrons. The van der Waals surface area contributed by atoms with E-state index in [1.165, 1.54) is 11.5 Å². The fourth-order valence-corrected chi connectivity index (χ4v) is 3.53. The van der Waals surface area contributed by atoms with E-state index in [1.807, 2.05) is 30.1 Å². The molecule has 1 aliphatic rings. The molecule has 0 N–H and O–H groups in total. The summed E-state index contributed by atoms with van der Waals surface area (Å²) in [5.74, 6) is 4.62. The van der Waals surface area contributed by atoms with Gasteiger partial charge in [-0.2, -0.15) is 16.7 Å². The van der Waals surface area contributed by atoms with Crippen LogP contribution >= 0.6 is 11.8 Å². The van der Waals surface area contributed by atoms with E-state index in [1.54, 1.807) is 0 Å². The van der Waals surface area contributed by atoms with Crippen molar-refractivity contribution in [3.63, 3.8) is 0 Å². The zero-order valence-corrected chi connectivity index (χ0v) is 14.6. The molecular formula is C16H23N5OS. The van der Waals surface area contributed by atoms with Gasteiger partial charge in [-0.15, -0.1) is 0 Å². The van der Waals surface area contributed by atoms with Gasteiger partial charge < -0.3 is 9.42 Å². The fraction of sp³-hybridized carbons (Fsp3) is 0.562. The lowest BCUT2D eigenvalue weighted by molar-refractivity contribution is 0.267. The molecule has 0 atom stereocenters. The van der Waals surface area contributed by atoms with Crippen LogP contribution in [-0.4, -0.2) is 58.2 Å². The predicted molar refractivity (Wildman–Crippen MR) is 93.7 cm³/mol. The van der Waals surface area contributed by atoms with Crippen LogP contribution in [0.1, 0.15) is 19.2 Å². The first-order valence-electron chi connectivity index (χ1n) is 8.06. The minimum absolute atomic E-state index is 0.609. The Bertz CT molecular complexity index is 609. The monoisotopic (exact) mass is 333 g/mol. The lowest BCUT2D eigenvalue weighted by Gasteiger charge is -2.27. The summed E-state index contributed by atoms with van der Waals surface area (Å²) in [6.07, 6.45) is 2.94. The Labute approximate surface area is 141 Å².